The fourth-order valence-corrected chi connectivity index (χ4v) is 2.11. The summed E-state index contributed by atoms with van der Waals surface area (Å²) in [6.45, 7) is 5.47. The molecule has 0 saturated heterocycles. The maximum atomic E-state index is 5.72. The molecule has 2 N–H and O–H groups in total. The first-order valence-electron chi connectivity index (χ1n) is 5.88. The molecule has 0 bridgehead atoms. The quantitative estimate of drug-likeness (QED) is 0.893. The SMILES string of the molecule is COCCn1nc(C)c(-c2ccnc(N)c2)c1C. The Morgan fingerprint density at radius 1 is 1.39 bits per heavy atom. The normalized spacial score (nSPS) is 10.8. The number of ether oxygens (including phenoxy) is 1. The number of nitrogen functional groups attached to an aromatic ring is 1. The molecule has 0 aliphatic heterocycles. The second-order valence-electron chi connectivity index (χ2n) is 4.23. The average Bonchev–Trinajstić information content (AvgIpc) is 2.62. The zero-order valence-corrected chi connectivity index (χ0v) is 11.0. The molecule has 96 valence electrons. The zero-order valence-electron chi connectivity index (χ0n) is 11.0. The van der Waals surface area contributed by atoms with E-state index in [2.05, 4.69) is 17.0 Å². The van der Waals surface area contributed by atoms with Gasteiger partial charge >= 0.3 is 0 Å². The van der Waals surface area contributed by atoms with Crippen LogP contribution in [0.4, 0.5) is 5.82 Å². The lowest BCUT2D eigenvalue weighted by atomic mass is 10.1. The minimum absolute atomic E-state index is 0.524. The van der Waals surface area contributed by atoms with E-state index in [1.54, 1.807) is 13.3 Å². The first-order valence-corrected chi connectivity index (χ1v) is 5.88. The molecular formula is C13H18N4O. The van der Waals surface area contributed by atoms with Crippen molar-refractivity contribution in [2.24, 2.45) is 0 Å². The summed E-state index contributed by atoms with van der Waals surface area (Å²) >= 11 is 0. The number of aryl methyl sites for hydroxylation is 1. The lowest BCUT2D eigenvalue weighted by Gasteiger charge is -2.05. The van der Waals surface area contributed by atoms with Crippen LogP contribution in [-0.4, -0.2) is 28.5 Å². The molecule has 0 aliphatic carbocycles. The molecule has 0 aromatic carbocycles. The molecule has 0 atom stereocenters. The fraction of sp³-hybridized carbons (Fsp3) is 0.385. The molecule has 0 radical (unpaired) electrons. The molecule has 18 heavy (non-hydrogen) atoms. The Balaban J connectivity index is 2.42. The third-order valence-electron chi connectivity index (χ3n) is 2.96. The van der Waals surface area contributed by atoms with Crippen molar-refractivity contribution >= 4 is 5.82 Å². The standard InChI is InChI=1S/C13H18N4O/c1-9-13(11-4-5-15-12(14)8-11)10(2)17(16-9)6-7-18-3/h4-5,8H,6-7H2,1-3H3,(H2,14,15). The second-order valence-corrected chi connectivity index (χ2v) is 4.23. The first kappa shape index (κ1) is 12.6. The van der Waals surface area contributed by atoms with E-state index in [0.29, 0.717) is 12.4 Å². The van der Waals surface area contributed by atoms with Crippen LogP contribution >= 0.6 is 0 Å². The van der Waals surface area contributed by atoms with E-state index < -0.39 is 0 Å². The summed E-state index contributed by atoms with van der Waals surface area (Å²) in [5.74, 6) is 0.524. The van der Waals surface area contributed by atoms with Crippen LogP contribution in [0, 0.1) is 13.8 Å². The fourth-order valence-electron chi connectivity index (χ4n) is 2.11. The third-order valence-corrected chi connectivity index (χ3v) is 2.96. The van der Waals surface area contributed by atoms with E-state index in [1.165, 1.54) is 0 Å². The van der Waals surface area contributed by atoms with Crippen molar-refractivity contribution in [1.82, 2.24) is 14.8 Å². The minimum atomic E-state index is 0.524. The largest absolute Gasteiger partial charge is 0.384 e. The molecule has 0 spiro atoms. The summed E-state index contributed by atoms with van der Waals surface area (Å²) in [4.78, 5) is 4.01. The van der Waals surface area contributed by atoms with Gasteiger partial charge in [0.05, 0.1) is 18.8 Å². The molecule has 0 fully saturated rings. The zero-order chi connectivity index (χ0) is 13.1. The summed E-state index contributed by atoms with van der Waals surface area (Å²) < 4.78 is 7.05. The highest BCUT2D eigenvalue weighted by Crippen LogP contribution is 2.27. The van der Waals surface area contributed by atoms with Crippen LogP contribution < -0.4 is 5.73 Å². The number of pyridine rings is 1. The van der Waals surface area contributed by atoms with Crippen molar-refractivity contribution in [2.45, 2.75) is 20.4 Å². The maximum Gasteiger partial charge on any atom is 0.123 e. The van der Waals surface area contributed by atoms with Gasteiger partial charge in [-0.25, -0.2) is 4.98 Å². The Kier molecular flexibility index (Phi) is 3.62. The highest BCUT2D eigenvalue weighted by Gasteiger charge is 2.13. The Bertz CT molecular complexity index is 548. The van der Waals surface area contributed by atoms with Gasteiger partial charge < -0.3 is 10.5 Å². The van der Waals surface area contributed by atoms with Crippen molar-refractivity contribution in [2.75, 3.05) is 19.5 Å². The predicted octanol–water partition coefficient (Wildman–Crippen LogP) is 1.79. The number of nitrogens with zero attached hydrogens (tertiary/aromatic N) is 3. The first-order chi connectivity index (χ1) is 8.63. The van der Waals surface area contributed by atoms with Gasteiger partial charge in [0.1, 0.15) is 5.82 Å². The highest BCUT2D eigenvalue weighted by atomic mass is 16.5. The van der Waals surface area contributed by atoms with Crippen molar-refractivity contribution in [3.8, 4) is 11.1 Å². The van der Waals surface area contributed by atoms with Gasteiger partial charge in [-0.1, -0.05) is 0 Å². The second kappa shape index (κ2) is 5.18. The number of hydrogen-bond acceptors (Lipinski definition) is 4. The van der Waals surface area contributed by atoms with Gasteiger partial charge in [-0.2, -0.15) is 5.10 Å². The molecule has 0 amide bonds. The summed E-state index contributed by atoms with van der Waals surface area (Å²) in [7, 11) is 1.69. The Morgan fingerprint density at radius 2 is 2.17 bits per heavy atom. The number of hydrogen-bond donors (Lipinski definition) is 1. The number of methoxy groups -OCH3 is 1. The monoisotopic (exact) mass is 246 g/mol. The lowest BCUT2D eigenvalue weighted by Crippen LogP contribution is -2.07. The lowest BCUT2D eigenvalue weighted by molar-refractivity contribution is 0.182. The Hall–Kier alpha value is -1.88. The van der Waals surface area contributed by atoms with E-state index in [0.717, 1.165) is 29.1 Å². The van der Waals surface area contributed by atoms with Crippen LogP contribution in [0.1, 0.15) is 11.4 Å². The van der Waals surface area contributed by atoms with Gasteiger partial charge in [-0.15, -0.1) is 0 Å². The van der Waals surface area contributed by atoms with Crippen LogP contribution in [0.5, 0.6) is 0 Å². The predicted molar refractivity (Wildman–Crippen MR) is 71.2 cm³/mol. The van der Waals surface area contributed by atoms with Crippen molar-refractivity contribution in [1.29, 1.82) is 0 Å². The molecule has 5 heteroatoms. The minimum Gasteiger partial charge on any atom is -0.384 e. The molecule has 2 aromatic rings. The number of anilines is 1. The van der Waals surface area contributed by atoms with Crippen molar-refractivity contribution in [3.05, 3.63) is 29.7 Å². The van der Waals surface area contributed by atoms with E-state index in [-0.39, 0.29) is 0 Å². The van der Waals surface area contributed by atoms with Gasteiger partial charge in [0.15, 0.2) is 0 Å². The summed E-state index contributed by atoms with van der Waals surface area (Å²) in [5.41, 5.74) is 10.0. The topological polar surface area (TPSA) is 66.0 Å². The molecular weight excluding hydrogens is 228 g/mol. The third kappa shape index (κ3) is 2.36. The van der Waals surface area contributed by atoms with Crippen LogP contribution in [0.25, 0.3) is 11.1 Å². The van der Waals surface area contributed by atoms with Gasteiger partial charge in [-0.3, -0.25) is 4.68 Å². The summed E-state index contributed by atoms with van der Waals surface area (Å²) in [5, 5.41) is 4.53. The van der Waals surface area contributed by atoms with Crippen molar-refractivity contribution < 1.29 is 4.74 Å². The average molecular weight is 246 g/mol. The van der Waals surface area contributed by atoms with Crippen LogP contribution in [0.3, 0.4) is 0 Å². The number of rotatable bonds is 4. The van der Waals surface area contributed by atoms with Crippen LogP contribution in [0.15, 0.2) is 18.3 Å². The molecule has 0 unspecified atom stereocenters. The molecule has 0 saturated carbocycles. The van der Waals surface area contributed by atoms with Gasteiger partial charge in [0, 0.05) is 24.6 Å². The smallest absolute Gasteiger partial charge is 0.123 e. The van der Waals surface area contributed by atoms with Gasteiger partial charge in [0.25, 0.3) is 0 Å². The summed E-state index contributed by atoms with van der Waals surface area (Å²) in [6.07, 6.45) is 1.72. The molecule has 0 aliphatic rings. The van der Waals surface area contributed by atoms with Crippen molar-refractivity contribution in [3.63, 3.8) is 0 Å². The molecule has 2 aromatic heterocycles. The van der Waals surface area contributed by atoms with Gasteiger partial charge in [-0.05, 0) is 31.5 Å². The highest BCUT2D eigenvalue weighted by molar-refractivity contribution is 5.70. The van der Waals surface area contributed by atoms with Crippen LogP contribution in [0.2, 0.25) is 0 Å². The Labute approximate surface area is 107 Å². The maximum absolute atomic E-state index is 5.72. The van der Waals surface area contributed by atoms with E-state index in [9.17, 15) is 0 Å². The van der Waals surface area contributed by atoms with E-state index in [1.807, 2.05) is 23.7 Å². The number of nitrogens with two attached hydrogens (primary N) is 1. The molecule has 2 rings (SSSR count). The van der Waals surface area contributed by atoms with E-state index in [4.69, 9.17) is 10.5 Å². The Morgan fingerprint density at radius 3 is 2.83 bits per heavy atom. The van der Waals surface area contributed by atoms with Crippen LogP contribution in [-0.2, 0) is 11.3 Å². The van der Waals surface area contributed by atoms with E-state index >= 15 is 0 Å². The number of aromatic nitrogens is 3. The molecule has 2 heterocycles. The van der Waals surface area contributed by atoms with Gasteiger partial charge in [0.2, 0.25) is 0 Å². The summed E-state index contributed by atoms with van der Waals surface area (Å²) in [6, 6.07) is 3.83. The molecule has 5 nitrogen and oxygen atoms in total.